The van der Waals surface area contributed by atoms with Crippen molar-refractivity contribution >= 4 is 45.7 Å². The number of nitrogens with zero attached hydrogens (tertiary/aromatic N) is 5. The number of benzene rings is 2. The topological polar surface area (TPSA) is 85.6 Å². The van der Waals surface area contributed by atoms with Crippen molar-refractivity contribution in [1.82, 2.24) is 25.0 Å². The second-order valence-electron chi connectivity index (χ2n) is 6.18. The highest BCUT2D eigenvalue weighted by molar-refractivity contribution is 7.99. The standard InChI is InChI=1S/C20H17ClN6OS2/c1-2-17-23-25-19(30-17)22-16(28)12-29-20-26-24-18(13-7-4-3-5-8-13)27(20)15-10-6-9-14(21)11-15/h3-11H,2,12H2,1H3,(H,22,25,28). The molecule has 0 saturated heterocycles. The number of aromatic nitrogens is 5. The number of anilines is 1. The van der Waals surface area contributed by atoms with Gasteiger partial charge < -0.3 is 0 Å². The van der Waals surface area contributed by atoms with Crippen LogP contribution in [0.4, 0.5) is 5.13 Å². The molecule has 152 valence electrons. The molecule has 0 aliphatic heterocycles. The van der Waals surface area contributed by atoms with Crippen molar-refractivity contribution in [2.24, 2.45) is 0 Å². The van der Waals surface area contributed by atoms with Crippen molar-refractivity contribution < 1.29 is 4.79 Å². The molecule has 0 atom stereocenters. The first kappa shape index (κ1) is 20.5. The smallest absolute Gasteiger partial charge is 0.236 e. The maximum atomic E-state index is 12.4. The number of carbonyl (C=O) groups is 1. The van der Waals surface area contributed by atoms with Crippen molar-refractivity contribution in [2.75, 3.05) is 11.1 Å². The van der Waals surface area contributed by atoms with Crippen LogP contribution in [0.5, 0.6) is 0 Å². The molecule has 0 radical (unpaired) electrons. The van der Waals surface area contributed by atoms with Crippen molar-refractivity contribution in [3.8, 4) is 17.1 Å². The highest BCUT2D eigenvalue weighted by Crippen LogP contribution is 2.29. The third-order valence-corrected chi connectivity index (χ3v) is 6.23. The molecule has 1 N–H and O–H groups in total. The van der Waals surface area contributed by atoms with Gasteiger partial charge in [0.05, 0.1) is 11.4 Å². The van der Waals surface area contributed by atoms with Gasteiger partial charge >= 0.3 is 0 Å². The first-order valence-electron chi connectivity index (χ1n) is 9.16. The molecule has 4 rings (SSSR count). The molecular formula is C20H17ClN6OS2. The Kier molecular flexibility index (Phi) is 6.41. The predicted molar refractivity (Wildman–Crippen MR) is 120 cm³/mol. The third-order valence-electron chi connectivity index (χ3n) is 4.08. The van der Waals surface area contributed by atoms with Crippen LogP contribution in [-0.2, 0) is 11.2 Å². The molecule has 2 aromatic carbocycles. The van der Waals surface area contributed by atoms with Gasteiger partial charge in [-0.15, -0.1) is 20.4 Å². The Balaban J connectivity index is 1.58. The lowest BCUT2D eigenvalue weighted by Gasteiger charge is -2.10. The summed E-state index contributed by atoms with van der Waals surface area (Å²) in [5, 5.41) is 22.0. The lowest BCUT2D eigenvalue weighted by Crippen LogP contribution is -2.14. The number of aryl methyl sites for hydroxylation is 1. The van der Waals surface area contributed by atoms with Crippen LogP contribution in [0, 0.1) is 0 Å². The summed E-state index contributed by atoms with van der Waals surface area (Å²) in [6, 6.07) is 17.2. The number of nitrogens with one attached hydrogen (secondary N) is 1. The number of hydrogen-bond acceptors (Lipinski definition) is 7. The van der Waals surface area contributed by atoms with E-state index in [4.69, 9.17) is 11.6 Å². The molecule has 2 heterocycles. The summed E-state index contributed by atoms with van der Waals surface area (Å²) in [7, 11) is 0. The molecule has 0 spiro atoms. The van der Waals surface area contributed by atoms with Crippen molar-refractivity contribution in [1.29, 1.82) is 0 Å². The highest BCUT2D eigenvalue weighted by atomic mass is 35.5. The SMILES string of the molecule is CCc1nnc(NC(=O)CSc2nnc(-c3ccccc3)n2-c2cccc(Cl)c2)s1. The first-order chi connectivity index (χ1) is 14.6. The van der Waals surface area contributed by atoms with Gasteiger partial charge in [-0.1, -0.05) is 78.0 Å². The van der Waals surface area contributed by atoms with E-state index in [0.29, 0.717) is 21.1 Å². The molecule has 4 aromatic rings. The third kappa shape index (κ3) is 4.69. The van der Waals surface area contributed by atoms with Gasteiger partial charge in [-0.2, -0.15) is 0 Å². The van der Waals surface area contributed by atoms with Crippen molar-refractivity contribution in [3.63, 3.8) is 0 Å². The van der Waals surface area contributed by atoms with Crippen molar-refractivity contribution in [3.05, 3.63) is 64.6 Å². The van der Waals surface area contributed by atoms with Crippen LogP contribution < -0.4 is 5.32 Å². The second kappa shape index (κ2) is 9.38. The summed E-state index contributed by atoms with van der Waals surface area (Å²) < 4.78 is 1.90. The molecule has 0 aliphatic rings. The molecule has 0 unspecified atom stereocenters. The summed E-state index contributed by atoms with van der Waals surface area (Å²) in [5.74, 6) is 0.660. The molecule has 7 nitrogen and oxygen atoms in total. The molecule has 10 heteroatoms. The van der Waals surface area contributed by atoms with E-state index in [1.165, 1.54) is 23.1 Å². The summed E-state index contributed by atoms with van der Waals surface area (Å²) in [4.78, 5) is 12.4. The van der Waals surface area contributed by atoms with E-state index in [-0.39, 0.29) is 11.7 Å². The van der Waals surface area contributed by atoms with Gasteiger partial charge in [0.25, 0.3) is 0 Å². The summed E-state index contributed by atoms with van der Waals surface area (Å²) in [6.07, 6.45) is 0.785. The van der Waals surface area contributed by atoms with Crippen LogP contribution in [0.25, 0.3) is 17.1 Å². The normalized spacial score (nSPS) is 10.9. The van der Waals surface area contributed by atoms with Crippen LogP contribution in [0.3, 0.4) is 0 Å². The van der Waals surface area contributed by atoms with Crippen LogP contribution in [0.1, 0.15) is 11.9 Å². The number of amides is 1. The summed E-state index contributed by atoms with van der Waals surface area (Å²) >= 11 is 8.88. The fraction of sp³-hybridized carbons (Fsp3) is 0.150. The average Bonchev–Trinajstić information content (AvgIpc) is 3.39. The van der Waals surface area contributed by atoms with E-state index in [9.17, 15) is 4.79 Å². The summed E-state index contributed by atoms with van der Waals surface area (Å²) in [5.41, 5.74) is 1.74. The minimum atomic E-state index is -0.180. The van der Waals surface area contributed by atoms with E-state index in [1.54, 1.807) is 0 Å². The van der Waals surface area contributed by atoms with Gasteiger partial charge in [0.15, 0.2) is 11.0 Å². The maximum absolute atomic E-state index is 12.4. The molecule has 1 amide bonds. The number of halogens is 1. The van der Waals surface area contributed by atoms with Crippen LogP contribution in [0.2, 0.25) is 5.02 Å². The Morgan fingerprint density at radius 2 is 1.93 bits per heavy atom. The highest BCUT2D eigenvalue weighted by Gasteiger charge is 2.18. The molecular weight excluding hydrogens is 440 g/mol. The van der Waals surface area contributed by atoms with Crippen LogP contribution >= 0.6 is 34.7 Å². The predicted octanol–water partition coefficient (Wildman–Crippen LogP) is 4.73. The van der Waals surface area contributed by atoms with Gasteiger partial charge in [0.2, 0.25) is 11.0 Å². The van der Waals surface area contributed by atoms with Crippen molar-refractivity contribution in [2.45, 2.75) is 18.5 Å². The zero-order valence-corrected chi connectivity index (χ0v) is 18.3. The number of hydrogen-bond donors (Lipinski definition) is 1. The van der Waals surface area contributed by atoms with Gasteiger partial charge in [0, 0.05) is 10.6 Å². The quantitative estimate of drug-likeness (QED) is 0.404. The molecule has 30 heavy (non-hydrogen) atoms. The maximum Gasteiger partial charge on any atom is 0.236 e. The lowest BCUT2D eigenvalue weighted by atomic mass is 10.2. The zero-order chi connectivity index (χ0) is 20.9. The molecule has 0 bridgehead atoms. The number of rotatable bonds is 7. The summed E-state index contributed by atoms with van der Waals surface area (Å²) in [6.45, 7) is 1.99. The van der Waals surface area contributed by atoms with Crippen LogP contribution in [0.15, 0.2) is 59.8 Å². The van der Waals surface area contributed by atoms with E-state index in [0.717, 1.165) is 22.7 Å². The van der Waals surface area contributed by atoms with Gasteiger partial charge in [-0.3, -0.25) is 14.7 Å². The number of thioether (sulfide) groups is 1. The van der Waals surface area contributed by atoms with Gasteiger partial charge in [0.1, 0.15) is 5.01 Å². The zero-order valence-electron chi connectivity index (χ0n) is 15.9. The van der Waals surface area contributed by atoms with E-state index in [2.05, 4.69) is 25.7 Å². The molecule has 0 aliphatic carbocycles. The van der Waals surface area contributed by atoms with E-state index < -0.39 is 0 Å². The molecule has 0 fully saturated rings. The Bertz CT molecular complexity index is 1160. The van der Waals surface area contributed by atoms with E-state index in [1.807, 2.05) is 66.1 Å². The Morgan fingerprint density at radius 3 is 2.67 bits per heavy atom. The Labute approximate surface area is 186 Å². The largest absolute Gasteiger partial charge is 0.300 e. The average molecular weight is 457 g/mol. The van der Waals surface area contributed by atoms with E-state index >= 15 is 0 Å². The Morgan fingerprint density at radius 1 is 1.10 bits per heavy atom. The fourth-order valence-corrected chi connectivity index (χ4v) is 4.35. The molecule has 2 aromatic heterocycles. The molecule has 0 saturated carbocycles. The van der Waals surface area contributed by atoms with Crippen LogP contribution in [-0.4, -0.2) is 36.6 Å². The lowest BCUT2D eigenvalue weighted by molar-refractivity contribution is -0.113. The monoisotopic (exact) mass is 456 g/mol. The Hall–Kier alpha value is -2.75. The first-order valence-corrected chi connectivity index (χ1v) is 11.3. The van der Waals surface area contributed by atoms with Gasteiger partial charge in [-0.25, -0.2) is 0 Å². The number of carbonyl (C=O) groups excluding carboxylic acids is 1. The fourth-order valence-electron chi connectivity index (χ4n) is 2.72. The minimum absolute atomic E-state index is 0.161. The van der Waals surface area contributed by atoms with Gasteiger partial charge in [-0.05, 0) is 24.6 Å². The minimum Gasteiger partial charge on any atom is -0.300 e. The second-order valence-corrected chi connectivity index (χ2v) is 8.62.